The van der Waals surface area contributed by atoms with E-state index in [1.807, 2.05) is 0 Å². The standard InChI is InChI=1S/C21H18N2O3/c24-18-10-4-1-7-15(18)13-22-21(17-9-3-6-12-20(17)26)23-14-16-8-2-5-11-19(16)25/h1-14,21,24-26H/p-2. The second-order valence-electron chi connectivity index (χ2n) is 5.56. The van der Waals surface area contributed by atoms with Gasteiger partial charge in [-0.05, 0) is 17.2 Å². The van der Waals surface area contributed by atoms with Crippen LogP contribution in [0.1, 0.15) is 22.9 Å². The maximum atomic E-state index is 11.8. The van der Waals surface area contributed by atoms with Gasteiger partial charge in [0.1, 0.15) is 5.75 Å². The molecule has 0 fully saturated rings. The number of nitrogens with zero attached hydrogens (tertiary/aromatic N) is 2. The van der Waals surface area contributed by atoms with Gasteiger partial charge in [-0.2, -0.15) is 0 Å². The van der Waals surface area contributed by atoms with E-state index < -0.39 is 6.17 Å². The number of phenolic OH excluding ortho intramolecular Hbond substituents is 1. The summed E-state index contributed by atoms with van der Waals surface area (Å²) < 4.78 is 0. The van der Waals surface area contributed by atoms with Gasteiger partial charge in [-0.15, -0.1) is 11.5 Å². The van der Waals surface area contributed by atoms with Crippen LogP contribution in [0.4, 0.5) is 0 Å². The zero-order chi connectivity index (χ0) is 18.4. The van der Waals surface area contributed by atoms with Crippen molar-refractivity contribution in [2.75, 3.05) is 0 Å². The minimum Gasteiger partial charge on any atom is -0.872 e. The summed E-state index contributed by atoms with van der Waals surface area (Å²) in [6.07, 6.45) is 2.08. The van der Waals surface area contributed by atoms with E-state index in [0.29, 0.717) is 16.7 Å². The SMILES string of the molecule is [O-]c1ccccc1C=NC(N=Cc1ccccc1[O-])c1ccccc1O. The number of hydrogen-bond donors (Lipinski definition) is 1. The smallest absolute Gasteiger partial charge is 0.168 e. The van der Waals surface area contributed by atoms with Crippen molar-refractivity contribution in [2.24, 2.45) is 9.98 Å². The molecule has 130 valence electrons. The van der Waals surface area contributed by atoms with Gasteiger partial charge < -0.3 is 15.3 Å². The molecule has 0 atom stereocenters. The minimum absolute atomic E-state index is 0.0395. The normalized spacial score (nSPS) is 12.6. The van der Waals surface area contributed by atoms with E-state index in [1.54, 1.807) is 54.6 Å². The molecule has 0 saturated heterocycles. The number of para-hydroxylation sites is 3. The summed E-state index contributed by atoms with van der Waals surface area (Å²) in [5, 5.41) is 33.8. The molecule has 0 aromatic heterocycles. The lowest BCUT2D eigenvalue weighted by Crippen LogP contribution is -2.00. The molecule has 0 unspecified atom stereocenters. The fourth-order valence-electron chi connectivity index (χ4n) is 2.38. The Hall–Kier alpha value is -3.60. The molecule has 0 aliphatic carbocycles. The van der Waals surface area contributed by atoms with Crippen molar-refractivity contribution in [1.82, 2.24) is 0 Å². The third-order valence-electron chi connectivity index (χ3n) is 3.76. The largest absolute Gasteiger partial charge is 0.872 e. The molecule has 26 heavy (non-hydrogen) atoms. The third kappa shape index (κ3) is 4.08. The van der Waals surface area contributed by atoms with Gasteiger partial charge >= 0.3 is 0 Å². The predicted octanol–water partition coefficient (Wildman–Crippen LogP) is 2.78. The van der Waals surface area contributed by atoms with Gasteiger partial charge in [0.2, 0.25) is 0 Å². The van der Waals surface area contributed by atoms with Crippen LogP contribution < -0.4 is 10.2 Å². The molecule has 0 saturated carbocycles. The molecular formula is C21H16N2O3-2. The molecule has 3 aromatic rings. The van der Waals surface area contributed by atoms with Crippen LogP contribution in [-0.4, -0.2) is 17.5 Å². The Kier molecular flexibility index (Phi) is 5.29. The van der Waals surface area contributed by atoms with Gasteiger partial charge in [0.25, 0.3) is 0 Å². The Morgan fingerprint density at radius 1 is 0.692 bits per heavy atom. The van der Waals surface area contributed by atoms with Gasteiger partial charge in [0, 0.05) is 18.0 Å². The zero-order valence-electron chi connectivity index (χ0n) is 13.8. The van der Waals surface area contributed by atoms with E-state index in [-0.39, 0.29) is 17.2 Å². The second kappa shape index (κ2) is 7.98. The van der Waals surface area contributed by atoms with Gasteiger partial charge in [-0.1, -0.05) is 66.7 Å². The predicted molar refractivity (Wildman–Crippen MR) is 97.8 cm³/mol. The molecular weight excluding hydrogens is 328 g/mol. The summed E-state index contributed by atoms with van der Waals surface area (Å²) in [4.78, 5) is 8.69. The number of rotatable bonds is 5. The monoisotopic (exact) mass is 344 g/mol. The van der Waals surface area contributed by atoms with Crippen LogP contribution in [0.15, 0.2) is 82.8 Å². The summed E-state index contributed by atoms with van der Waals surface area (Å²) in [6.45, 7) is 0. The summed E-state index contributed by atoms with van der Waals surface area (Å²) in [6, 6.07) is 19.7. The molecule has 0 aliphatic rings. The van der Waals surface area contributed by atoms with Gasteiger partial charge in [-0.25, -0.2) is 0 Å². The second-order valence-corrected chi connectivity index (χ2v) is 5.56. The first kappa shape index (κ1) is 17.2. The lowest BCUT2D eigenvalue weighted by atomic mass is 10.1. The molecule has 0 amide bonds. The summed E-state index contributed by atoms with van der Waals surface area (Å²) in [5.41, 5.74) is 1.33. The van der Waals surface area contributed by atoms with Gasteiger partial charge in [0.15, 0.2) is 6.17 Å². The van der Waals surface area contributed by atoms with E-state index in [9.17, 15) is 15.3 Å². The van der Waals surface area contributed by atoms with Crippen LogP contribution in [0, 0.1) is 0 Å². The molecule has 0 radical (unpaired) electrons. The van der Waals surface area contributed by atoms with Crippen LogP contribution in [-0.2, 0) is 0 Å². The third-order valence-corrected chi connectivity index (χ3v) is 3.76. The Labute approximate surface area is 151 Å². The van der Waals surface area contributed by atoms with Gasteiger partial charge in [-0.3, -0.25) is 9.98 Å². The number of hydrogen-bond acceptors (Lipinski definition) is 5. The molecule has 5 nitrogen and oxygen atoms in total. The van der Waals surface area contributed by atoms with E-state index in [0.717, 1.165) is 0 Å². The lowest BCUT2D eigenvalue weighted by Gasteiger charge is -2.13. The Bertz CT molecular complexity index is 896. The average Bonchev–Trinajstić information content (AvgIpc) is 2.65. The van der Waals surface area contributed by atoms with Crippen molar-refractivity contribution in [1.29, 1.82) is 0 Å². The molecule has 0 heterocycles. The zero-order valence-corrected chi connectivity index (χ0v) is 13.8. The first-order chi connectivity index (χ1) is 12.6. The van der Waals surface area contributed by atoms with Crippen molar-refractivity contribution in [3.8, 4) is 17.2 Å². The highest BCUT2D eigenvalue weighted by Crippen LogP contribution is 2.28. The van der Waals surface area contributed by atoms with E-state index in [1.165, 1.54) is 30.6 Å². The van der Waals surface area contributed by atoms with Crippen molar-refractivity contribution < 1.29 is 15.3 Å². The highest BCUT2D eigenvalue weighted by atomic mass is 16.3. The number of phenols is 1. The average molecular weight is 344 g/mol. The molecule has 3 aromatic carbocycles. The Balaban J connectivity index is 1.96. The lowest BCUT2D eigenvalue weighted by molar-refractivity contribution is -0.269. The van der Waals surface area contributed by atoms with Crippen molar-refractivity contribution >= 4 is 12.4 Å². The van der Waals surface area contributed by atoms with Crippen LogP contribution in [0.5, 0.6) is 17.2 Å². The molecule has 1 N–H and O–H groups in total. The van der Waals surface area contributed by atoms with Crippen molar-refractivity contribution in [3.63, 3.8) is 0 Å². The molecule has 0 bridgehead atoms. The quantitative estimate of drug-likeness (QED) is 0.722. The van der Waals surface area contributed by atoms with E-state index >= 15 is 0 Å². The Morgan fingerprint density at radius 2 is 1.15 bits per heavy atom. The highest BCUT2D eigenvalue weighted by Gasteiger charge is 2.11. The first-order valence-corrected chi connectivity index (χ1v) is 8.01. The minimum atomic E-state index is -0.782. The molecule has 5 heteroatoms. The summed E-state index contributed by atoms with van der Waals surface area (Å²) >= 11 is 0. The summed E-state index contributed by atoms with van der Waals surface area (Å²) in [7, 11) is 0. The van der Waals surface area contributed by atoms with Crippen molar-refractivity contribution in [2.45, 2.75) is 6.17 Å². The van der Waals surface area contributed by atoms with Crippen LogP contribution in [0.3, 0.4) is 0 Å². The van der Waals surface area contributed by atoms with E-state index in [2.05, 4.69) is 9.98 Å². The van der Waals surface area contributed by atoms with Crippen LogP contribution >= 0.6 is 0 Å². The van der Waals surface area contributed by atoms with Gasteiger partial charge in [0.05, 0.1) is 0 Å². The van der Waals surface area contributed by atoms with Crippen LogP contribution in [0.2, 0.25) is 0 Å². The van der Waals surface area contributed by atoms with Crippen molar-refractivity contribution in [3.05, 3.63) is 89.5 Å². The number of aliphatic imine (C=N–C) groups is 2. The molecule has 0 spiro atoms. The molecule has 0 aliphatic heterocycles. The fraction of sp³-hybridized carbons (Fsp3) is 0.0476. The summed E-state index contributed by atoms with van der Waals surface area (Å²) in [5.74, 6) is -0.264. The fourth-order valence-corrected chi connectivity index (χ4v) is 2.38. The first-order valence-electron chi connectivity index (χ1n) is 8.01. The maximum absolute atomic E-state index is 11.8. The Morgan fingerprint density at radius 3 is 1.65 bits per heavy atom. The maximum Gasteiger partial charge on any atom is 0.168 e. The highest BCUT2D eigenvalue weighted by molar-refractivity contribution is 5.84. The van der Waals surface area contributed by atoms with Crippen LogP contribution in [0.25, 0.3) is 0 Å². The topological polar surface area (TPSA) is 91.1 Å². The molecule has 3 rings (SSSR count). The number of aromatic hydroxyl groups is 1. The van der Waals surface area contributed by atoms with E-state index in [4.69, 9.17) is 0 Å². The number of benzene rings is 3.